The molecule has 0 N–H and O–H groups in total. The van der Waals surface area contributed by atoms with Gasteiger partial charge >= 0.3 is 0 Å². The summed E-state index contributed by atoms with van der Waals surface area (Å²) in [6, 6.07) is 94.1. The Bertz CT molecular complexity index is 3640. The first-order valence-electron chi connectivity index (χ1n) is 23.5. The third kappa shape index (κ3) is 6.01. The van der Waals surface area contributed by atoms with Crippen LogP contribution in [0.4, 0.5) is 51.2 Å². The number of benzene rings is 12. The summed E-state index contributed by atoms with van der Waals surface area (Å²) in [5, 5.41) is 7.63. The lowest BCUT2D eigenvalue weighted by Crippen LogP contribution is -2.61. The number of fused-ring (bicyclic) bond motifs is 4. The van der Waals surface area contributed by atoms with Crippen molar-refractivity contribution in [1.29, 1.82) is 0 Å². The minimum atomic E-state index is -0.0748. The second-order valence-electron chi connectivity index (χ2n) is 18.1. The van der Waals surface area contributed by atoms with Gasteiger partial charge in [-0.15, -0.1) is 0 Å². The van der Waals surface area contributed by atoms with Gasteiger partial charge in [-0.2, -0.15) is 0 Å². The van der Waals surface area contributed by atoms with E-state index in [-0.39, 0.29) is 6.71 Å². The lowest BCUT2D eigenvalue weighted by atomic mass is 9.33. The van der Waals surface area contributed by atoms with Crippen molar-refractivity contribution >= 4 is 107 Å². The number of nitrogens with zero attached hydrogens (tertiary/aromatic N) is 3. The van der Waals surface area contributed by atoms with Crippen LogP contribution in [0.2, 0.25) is 0 Å². The van der Waals surface area contributed by atoms with Crippen LogP contribution in [-0.4, -0.2) is 6.71 Å². The summed E-state index contributed by atoms with van der Waals surface area (Å²) >= 11 is 0. The molecule has 0 saturated carbocycles. The summed E-state index contributed by atoms with van der Waals surface area (Å²) in [4.78, 5) is 7.50. The maximum Gasteiger partial charge on any atom is 0.252 e. The first-order valence-corrected chi connectivity index (χ1v) is 23.5. The molecule has 0 saturated heterocycles. The van der Waals surface area contributed by atoms with E-state index in [1.54, 1.807) is 0 Å². The predicted molar refractivity (Wildman–Crippen MR) is 290 cm³/mol. The normalized spacial score (nSPS) is 12.6. The molecule has 3 nitrogen and oxygen atoms in total. The molecule has 12 aromatic carbocycles. The fraction of sp³-hybridized carbons (Fsp3) is 0. The maximum atomic E-state index is 2.52. The molecule has 0 unspecified atom stereocenters. The molecule has 0 bridgehead atoms. The van der Waals surface area contributed by atoms with Crippen LogP contribution in [0.15, 0.2) is 255 Å². The summed E-state index contributed by atoms with van der Waals surface area (Å²) < 4.78 is 0. The zero-order chi connectivity index (χ0) is 44.7. The maximum absolute atomic E-state index is 2.52. The molecular formula is C64H42BN3. The molecule has 0 amide bonds. The Morgan fingerprint density at radius 3 is 1.18 bits per heavy atom. The lowest BCUT2D eigenvalue weighted by molar-refractivity contribution is 1.23. The Kier molecular flexibility index (Phi) is 8.68. The molecule has 14 rings (SSSR count). The van der Waals surface area contributed by atoms with Gasteiger partial charge in [-0.3, -0.25) is 0 Å². The summed E-state index contributed by atoms with van der Waals surface area (Å²) in [5.74, 6) is 0. The molecule has 0 spiro atoms. The number of rotatable bonds is 7. The molecule has 12 aromatic rings. The van der Waals surface area contributed by atoms with E-state index in [4.69, 9.17) is 0 Å². The van der Waals surface area contributed by atoms with Crippen molar-refractivity contribution in [3.63, 3.8) is 0 Å². The van der Waals surface area contributed by atoms with Gasteiger partial charge in [-0.1, -0.05) is 182 Å². The highest BCUT2D eigenvalue weighted by molar-refractivity contribution is 7.00. The Hall–Kier alpha value is -8.86. The summed E-state index contributed by atoms with van der Waals surface area (Å²) in [5.41, 5.74) is 18.8. The summed E-state index contributed by atoms with van der Waals surface area (Å²) in [6.45, 7) is -0.0748. The van der Waals surface area contributed by atoms with Crippen molar-refractivity contribution in [2.75, 3.05) is 14.7 Å². The van der Waals surface area contributed by atoms with Crippen molar-refractivity contribution in [2.45, 2.75) is 0 Å². The molecule has 2 aliphatic rings. The molecule has 4 heteroatoms. The molecule has 0 fully saturated rings. The van der Waals surface area contributed by atoms with Gasteiger partial charge in [0.2, 0.25) is 0 Å². The van der Waals surface area contributed by atoms with Crippen molar-refractivity contribution < 1.29 is 0 Å². The molecular weight excluding hydrogens is 822 g/mol. The fourth-order valence-corrected chi connectivity index (χ4v) is 11.3. The van der Waals surface area contributed by atoms with Crippen molar-refractivity contribution in [3.8, 4) is 22.3 Å². The van der Waals surface area contributed by atoms with Crippen LogP contribution in [0, 0.1) is 0 Å². The van der Waals surface area contributed by atoms with Gasteiger partial charge in [0.05, 0.1) is 5.69 Å². The number of hydrogen-bond acceptors (Lipinski definition) is 3. The fourth-order valence-electron chi connectivity index (χ4n) is 11.3. The average Bonchev–Trinajstić information content (AvgIpc) is 3.41. The molecule has 316 valence electrons. The van der Waals surface area contributed by atoms with Crippen LogP contribution in [-0.2, 0) is 0 Å². The topological polar surface area (TPSA) is 9.72 Å². The van der Waals surface area contributed by atoms with Crippen molar-refractivity contribution in [3.05, 3.63) is 255 Å². The van der Waals surface area contributed by atoms with Gasteiger partial charge in [0.15, 0.2) is 0 Å². The monoisotopic (exact) mass is 863 g/mol. The van der Waals surface area contributed by atoms with Gasteiger partial charge < -0.3 is 14.7 Å². The van der Waals surface area contributed by atoms with E-state index in [1.165, 1.54) is 82.3 Å². The smallest absolute Gasteiger partial charge is 0.252 e. The minimum Gasteiger partial charge on any atom is -0.311 e. The van der Waals surface area contributed by atoms with E-state index in [0.29, 0.717) is 0 Å². The Morgan fingerprint density at radius 2 is 0.691 bits per heavy atom. The minimum absolute atomic E-state index is 0.0748. The quantitative estimate of drug-likeness (QED) is 0.117. The highest BCUT2D eigenvalue weighted by atomic mass is 15.2. The number of para-hydroxylation sites is 3. The number of anilines is 9. The highest BCUT2D eigenvalue weighted by Crippen LogP contribution is 2.49. The number of hydrogen-bond donors (Lipinski definition) is 0. The molecule has 68 heavy (non-hydrogen) atoms. The van der Waals surface area contributed by atoms with Crippen LogP contribution >= 0.6 is 0 Å². The molecule has 2 heterocycles. The summed E-state index contributed by atoms with van der Waals surface area (Å²) in [7, 11) is 0. The molecule has 0 aromatic heterocycles. The largest absolute Gasteiger partial charge is 0.311 e. The van der Waals surface area contributed by atoms with Crippen LogP contribution in [0.3, 0.4) is 0 Å². The second kappa shape index (κ2) is 15.4. The van der Waals surface area contributed by atoms with E-state index < -0.39 is 0 Å². The average molecular weight is 864 g/mol. The van der Waals surface area contributed by atoms with Gasteiger partial charge in [0, 0.05) is 45.5 Å². The Labute approximate surface area is 396 Å². The van der Waals surface area contributed by atoms with Crippen LogP contribution < -0.4 is 31.1 Å². The van der Waals surface area contributed by atoms with Crippen LogP contribution in [0.25, 0.3) is 54.6 Å². The zero-order valence-corrected chi connectivity index (χ0v) is 37.2. The predicted octanol–water partition coefficient (Wildman–Crippen LogP) is 15.5. The molecule has 0 atom stereocenters. The van der Waals surface area contributed by atoms with Crippen LogP contribution in [0.1, 0.15) is 0 Å². The molecule has 0 aliphatic carbocycles. The first kappa shape index (κ1) is 38.4. The van der Waals surface area contributed by atoms with Crippen molar-refractivity contribution in [2.24, 2.45) is 0 Å². The zero-order valence-electron chi connectivity index (χ0n) is 37.2. The van der Waals surface area contributed by atoms with E-state index in [2.05, 4.69) is 269 Å². The van der Waals surface area contributed by atoms with Gasteiger partial charge in [-0.25, -0.2) is 0 Å². The molecule has 0 radical (unpaired) electrons. The molecule has 2 aliphatic heterocycles. The van der Waals surface area contributed by atoms with E-state index in [0.717, 1.165) is 39.8 Å². The van der Waals surface area contributed by atoms with E-state index in [9.17, 15) is 0 Å². The first-order chi connectivity index (χ1) is 33.7. The van der Waals surface area contributed by atoms with Crippen LogP contribution in [0.5, 0.6) is 0 Å². The van der Waals surface area contributed by atoms with E-state index in [1.807, 2.05) is 0 Å². The van der Waals surface area contributed by atoms with E-state index >= 15 is 0 Å². The van der Waals surface area contributed by atoms with Crippen molar-refractivity contribution in [1.82, 2.24) is 0 Å². The standard InChI is InChI=1S/C64H42BN3/c1-6-17-43(18-7-1)47-33-35-58-56(39-47)65-57-40-48(44-19-8-2-9-20-44)34-36-59(57)68(53-27-14-5-15-28-53)61-42-55(41-60(64(61)65)67(58)52-25-12-4-13-26-52)66(51-23-10-3-11-24-51)54-37-49-31-29-45-21-16-22-46-30-32-50(38-54)63(49)62(45)46/h1-42H. The third-order valence-corrected chi connectivity index (χ3v) is 14.3. The Morgan fingerprint density at radius 1 is 0.279 bits per heavy atom. The van der Waals surface area contributed by atoms with Gasteiger partial charge in [0.25, 0.3) is 6.71 Å². The third-order valence-electron chi connectivity index (χ3n) is 14.3. The van der Waals surface area contributed by atoms with Gasteiger partial charge in [-0.05, 0) is 144 Å². The summed E-state index contributed by atoms with van der Waals surface area (Å²) in [6.07, 6.45) is 0. The second-order valence-corrected chi connectivity index (χ2v) is 18.1. The Balaban J connectivity index is 1.09. The highest BCUT2D eigenvalue weighted by Gasteiger charge is 2.44. The van der Waals surface area contributed by atoms with Gasteiger partial charge in [0.1, 0.15) is 0 Å². The SMILES string of the molecule is c1ccc(-c2ccc3c(c2)B2c4cc(-c5ccccc5)ccc4N(c4ccccc4)c4cc(N(c5ccccc5)c5cc6ccc7cccc8ccc(c5)c6c78)cc(c42)N3c2ccccc2)cc1. The lowest BCUT2D eigenvalue weighted by Gasteiger charge is -2.45.